The van der Waals surface area contributed by atoms with Gasteiger partial charge in [-0.15, -0.1) is 0 Å². The molecule has 0 radical (unpaired) electrons. The Balaban J connectivity index is 1.73. The predicted octanol–water partition coefficient (Wildman–Crippen LogP) is 2.10. The number of nitrogens with one attached hydrogen (secondary N) is 2. The number of nitrogen functional groups attached to an aromatic ring is 1. The topological polar surface area (TPSA) is 129 Å². The largest absolute Gasteiger partial charge is 0.494 e. The number of anilines is 2. The second kappa shape index (κ2) is 9.91. The van der Waals surface area contributed by atoms with Crippen LogP contribution >= 0.6 is 0 Å². The lowest BCUT2D eigenvalue weighted by Crippen LogP contribution is -2.26. The number of nitrogens with two attached hydrogens (primary N) is 2. The van der Waals surface area contributed by atoms with Gasteiger partial charge in [-0.1, -0.05) is 30.3 Å². The number of benzene rings is 2. The lowest BCUT2D eigenvalue weighted by Gasteiger charge is -2.15. The Morgan fingerprint density at radius 2 is 1.85 bits per heavy atom. The third kappa shape index (κ3) is 6.10. The molecule has 2 aromatic rings. The van der Waals surface area contributed by atoms with Crippen LogP contribution in [0.1, 0.15) is 22.3 Å². The highest BCUT2D eigenvalue weighted by molar-refractivity contribution is 5.96. The van der Waals surface area contributed by atoms with Crippen molar-refractivity contribution in [2.45, 2.75) is 13.0 Å². The fraction of sp³-hybridized carbons (Fsp3) is 0.263. The summed E-state index contributed by atoms with van der Waals surface area (Å²) in [6.07, 6.45) is 0.169. The van der Waals surface area contributed by atoms with Crippen LogP contribution in [0.15, 0.2) is 42.5 Å². The van der Waals surface area contributed by atoms with E-state index in [4.69, 9.17) is 20.9 Å². The zero-order valence-electron chi connectivity index (χ0n) is 15.2. The van der Waals surface area contributed by atoms with Crippen molar-refractivity contribution in [3.63, 3.8) is 0 Å². The average molecular weight is 372 g/mol. The molecule has 2 rings (SSSR count). The van der Waals surface area contributed by atoms with Gasteiger partial charge in [0, 0.05) is 18.7 Å². The zero-order chi connectivity index (χ0) is 19.6. The van der Waals surface area contributed by atoms with E-state index in [1.807, 2.05) is 30.3 Å². The Labute approximate surface area is 157 Å². The summed E-state index contributed by atoms with van der Waals surface area (Å²) < 4.78 is 10.4. The van der Waals surface area contributed by atoms with Crippen LogP contribution in [0, 0.1) is 0 Å². The van der Waals surface area contributed by atoms with Gasteiger partial charge in [0.1, 0.15) is 18.0 Å². The van der Waals surface area contributed by atoms with Gasteiger partial charge in [0.2, 0.25) is 5.91 Å². The van der Waals surface area contributed by atoms with E-state index in [2.05, 4.69) is 10.6 Å². The molecule has 8 heteroatoms. The Morgan fingerprint density at radius 3 is 2.52 bits per heavy atom. The predicted molar refractivity (Wildman–Crippen MR) is 104 cm³/mol. The molecular formula is C19H24N4O4. The number of methoxy groups -OCH3 is 1. The number of primary amides is 1. The summed E-state index contributed by atoms with van der Waals surface area (Å²) in [5.74, 6) is -0.149. The molecule has 0 spiro atoms. The van der Waals surface area contributed by atoms with Gasteiger partial charge in [-0.25, -0.2) is 4.79 Å². The summed E-state index contributed by atoms with van der Waals surface area (Å²) in [7, 11) is 1.48. The third-order valence-electron chi connectivity index (χ3n) is 3.77. The molecule has 0 heterocycles. The number of amides is 2. The van der Waals surface area contributed by atoms with E-state index in [-0.39, 0.29) is 12.2 Å². The third-order valence-corrected chi connectivity index (χ3v) is 3.77. The Hall–Kier alpha value is -3.42. The first-order valence-corrected chi connectivity index (χ1v) is 8.47. The van der Waals surface area contributed by atoms with Crippen LogP contribution < -0.4 is 26.8 Å². The number of carbonyl (C=O) groups is 2. The molecule has 0 saturated carbocycles. The first-order chi connectivity index (χ1) is 13.0. The molecule has 0 unspecified atom stereocenters. The second-order valence-electron chi connectivity index (χ2n) is 5.78. The van der Waals surface area contributed by atoms with E-state index >= 15 is 0 Å². The molecule has 0 fully saturated rings. The van der Waals surface area contributed by atoms with Crippen molar-refractivity contribution < 1.29 is 19.1 Å². The summed E-state index contributed by atoms with van der Waals surface area (Å²) in [4.78, 5) is 22.9. The monoisotopic (exact) mass is 372 g/mol. The number of carbonyl (C=O) groups excluding carboxylic acids is 2. The number of hydrogen-bond donors (Lipinski definition) is 4. The fourth-order valence-electron chi connectivity index (χ4n) is 2.40. The van der Waals surface area contributed by atoms with Gasteiger partial charge in [-0.2, -0.15) is 0 Å². The zero-order valence-corrected chi connectivity index (χ0v) is 15.2. The van der Waals surface area contributed by atoms with Crippen LogP contribution in [0.3, 0.4) is 0 Å². The lowest BCUT2D eigenvalue weighted by atomic mass is 10.1. The molecule has 27 heavy (non-hydrogen) atoms. The van der Waals surface area contributed by atoms with Crippen molar-refractivity contribution in [3.8, 4) is 5.75 Å². The number of alkyl carbamates (subject to hydrolysis) is 1. The molecule has 0 saturated heterocycles. The van der Waals surface area contributed by atoms with Gasteiger partial charge in [0.25, 0.3) is 0 Å². The molecule has 0 aromatic heterocycles. The molecule has 144 valence electrons. The van der Waals surface area contributed by atoms with Crippen molar-refractivity contribution in [2.75, 3.05) is 31.2 Å². The van der Waals surface area contributed by atoms with Crippen LogP contribution in [0.4, 0.5) is 16.2 Å². The second-order valence-corrected chi connectivity index (χ2v) is 5.78. The molecule has 2 amide bonds. The van der Waals surface area contributed by atoms with Crippen molar-refractivity contribution in [1.82, 2.24) is 5.32 Å². The van der Waals surface area contributed by atoms with Gasteiger partial charge >= 0.3 is 6.09 Å². The minimum absolute atomic E-state index is 0.227. The number of rotatable bonds is 9. The normalized spacial score (nSPS) is 10.1. The fourth-order valence-corrected chi connectivity index (χ4v) is 2.40. The summed E-state index contributed by atoms with van der Waals surface area (Å²) in [6, 6.07) is 12.5. The smallest absolute Gasteiger partial charge is 0.407 e. The van der Waals surface area contributed by atoms with Crippen LogP contribution in [0.5, 0.6) is 5.75 Å². The molecule has 6 N–H and O–H groups in total. The van der Waals surface area contributed by atoms with Crippen molar-refractivity contribution in [3.05, 3.63) is 53.6 Å². The molecule has 0 bridgehead atoms. The SMILES string of the molecule is COc1cc(C(N)=O)cc(N)c1NCCCNC(=O)OCc1ccccc1. The van der Waals surface area contributed by atoms with E-state index in [9.17, 15) is 9.59 Å². The first kappa shape index (κ1) is 19.9. The number of hydrogen-bond acceptors (Lipinski definition) is 6. The molecule has 0 atom stereocenters. The van der Waals surface area contributed by atoms with Gasteiger partial charge in [0.15, 0.2) is 0 Å². The highest BCUT2D eigenvalue weighted by atomic mass is 16.5. The first-order valence-electron chi connectivity index (χ1n) is 8.47. The summed E-state index contributed by atoms with van der Waals surface area (Å²) in [5, 5.41) is 5.82. The van der Waals surface area contributed by atoms with Gasteiger partial charge in [0.05, 0.1) is 12.8 Å². The standard InChI is InChI=1S/C19H24N4O4/c1-26-16-11-14(18(21)24)10-15(20)17(16)22-8-5-9-23-19(25)27-12-13-6-3-2-4-7-13/h2-4,6-7,10-11,22H,5,8-9,12,20H2,1H3,(H2,21,24)(H,23,25). The van der Waals surface area contributed by atoms with Crippen molar-refractivity contribution in [1.29, 1.82) is 0 Å². The average Bonchev–Trinajstić information content (AvgIpc) is 2.67. The maximum absolute atomic E-state index is 11.7. The van der Waals surface area contributed by atoms with E-state index in [0.717, 1.165) is 5.56 Å². The van der Waals surface area contributed by atoms with Crippen LogP contribution in [0.2, 0.25) is 0 Å². The molecule has 2 aromatic carbocycles. The highest BCUT2D eigenvalue weighted by Crippen LogP contribution is 2.32. The minimum atomic E-state index is -0.579. The molecule has 8 nitrogen and oxygen atoms in total. The van der Waals surface area contributed by atoms with Crippen LogP contribution in [-0.4, -0.2) is 32.2 Å². The van der Waals surface area contributed by atoms with E-state index in [1.54, 1.807) is 0 Å². The number of ether oxygens (including phenoxy) is 2. The molecule has 0 aliphatic heterocycles. The Bertz CT molecular complexity index is 781. The maximum atomic E-state index is 11.7. The summed E-state index contributed by atoms with van der Waals surface area (Å²) in [5.41, 5.74) is 13.4. The minimum Gasteiger partial charge on any atom is -0.494 e. The highest BCUT2D eigenvalue weighted by Gasteiger charge is 2.12. The molecular weight excluding hydrogens is 348 g/mol. The van der Waals surface area contributed by atoms with Gasteiger partial charge < -0.3 is 31.6 Å². The van der Waals surface area contributed by atoms with Gasteiger partial charge in [-0.3, -0.25) is 4.79 Å². The van der Waals surface area contributed by atoms with Gasteiger partial charge in [-0.05, 0) is 24.1 Å². The maximum Gasteiger partial charge on any atom is 0.407 e. The Morgan fingerprint density at radius 1 is 1.11 bits per heavy atom. The van der Waals surface area contributed by atoms with Crippen molar-refractivity contribution >= 4 is 23.4 Å². The summed E-state index contributed by atoms with van der Waals surface area (Å²) >= 11 is 0. The van der Waals surface area contributed by atoms with E-state index in [1.165, 1.54) is 19.2 Å². The molecule has 0 aliphatic rings. The van der Waals surface area contributed by atoms with E-state index in [0.29, 0.717) is 36.6 Å². The van der Waals surface area contributed by atoms with E-state index < -0.39 is 12.0 Å². The Kier molecular flexibility index (Phi) is 7.30. The lowest BCUT2D eigenvalue weighted by molar-refractivity contribution is 0.1000. The summed E-state index contributed by atoms with van der Waals surface area (Å²) in [6.45, 7) is 1.20. The van der Waals surface area contributed by atoms with Crippen molar-refractivity contribution in [2.24, 2.45) is 5.73 Å². The molecule has 0 aliphatic carbocycles. The quantitative estimate of drug-likeness (QED) is 0.394. The van der Waals surface area contributed by atoms with Crippen LogP contribution in [-0.2, 0) is 11.3 Å². The van der Waals surface area contributed by atoms with Crippen LogP contribution in [0.25, 0.3) is 0 Å².